The fraction of sp³-hybridized carbons (Fsp3) is 0.0769. The van der Waals surface area contributed by atoms with Gasteiger partial charge in [0.2, 0.25) is 0 Å². The highest BCUT2D eigenvalue weighted by Crippen LogP contribution is 2.26. The van der Waals surface area contributed by atoms with Crippen molar-refractivity contribution in [3.05, 3.63) is 70.8 Å². The van der Waals surface area contributed by atoms with Gasteiger partial charge in [-0.3, -0.25) is 0 Å². The van der Waals surface area contributed by atoms with Gasteiger partial charge in [-0.25, -0.2) is 17.6 Å². The lowest BCUT2D eigenvalue weighted by atomic mass is 10.0. The summed E-state index contributed by atoms with van der Waals surface area (Å²) in [6.07, 6.45) is -1.49. The van der Waals surface area contributed by atoms with Gasteiger partial charge < -0.3 is 5.11 Å². The van der Waals surface area contributed by atoms with Crippen LogP contribution in [0.4, 0.5) is 17.6 Å². The lowest BCUT2D eigenvalue weighted by Gasteiger charge is -2.12. The van der Waals surface area contributed by atoms with E-state index in [1.807, 2.05) is 0 Å². The van der Waals surface area contributed by atoms with Gasteiger partial charge in [0.15, 0.2) is 17.5 Å². The third-order valence-corrected chi connectivity index (χ3v) is 2.55. The lowest BCUT2D eigenvalue weighted by Crippen LogP contribution is -2.05. The molecule has 2 aromatic carbocycles. The molecule has 1 atom stereocenters. The summed E-state index contributed by atoms with van der Waals surface area (Å²) in [6, 6.07) is 6.30. The molecule has 5 heteroatoms. The third kappa shape index (κ3) is 2.22. The quantitative estimate of drug-likeness (QED) is 0.645. The second-order valence-electron chi connectivity index (χ2n) is 3.72. The van der Waals surface area contributed by atoms with Gasteiger partial charge >= 0.3 is 0 Å². The number of aliphatic hydroxyl groups is 1. The molecule has 0 heterocycles. The smallest absolute Gasteiger partial charge is 0.194 e. The van der Waals surface area contributed by atoms with E-state index in [-0.39, 0.29) is 5.56 Å². The van der Waals surface area contributed by atoms with Gasteiger partial charge in [0, 0.05) is 5.56 Å². The molecule has 1 unspecified atom stereocenters. The highest BCUT2D eigenvalue weighted by Gasteiger charge is 2.20. The zero-order valence-electron chi connectivity index (χ0n) is 9.00. The van der Waals surface area contributed by atoms with E-state index in [4.69, 9.17) is 0 Å². The summed E-state index contributed by atoms with van der Waals surface area (Å²) in [5, 5.41) is 9.83. The van der Waals surface area contributed by atoms with Crippen molar-refractivity contribution in [3.8, 4) is 0 Å². The molecule has 0 bridgehead atoms. The Balaban J connectivity index is 2.43. The highest BCUT2D eigenvalue weighted by atomic mass is 19.2. The normalized spacial score (nSPS) is 12.5. The van der Waals surface area contributed by atoms with Crippen molar-refractivity contribution >= 4 is 0 Å². The van der Waals surface area contributed by atoms with E-state index in [1.54, 1.807) is 0 Å². The molecule has 0 saturated heterocycles. The second kappa shape index (κ2) is 4.78. The van der Waals surface area contributed by atoms with Crippen molar-refractivity contribution in [2.24, 2.45) is 0 Å². The lowest BCUT2D eigenvalue weighted by molar-refractivity contribution is 0.212. The first-order chi connectivity index (χ1) is 8.50. The van der Waals surface area contributed by atoms with E-state index < -0.39 is 34.9 Å². The van der Waals surface area contributed by atoms with Crippen molar-refractivity contribution in [1.82, 2.24) is 0 Å². The third-order valence-electron chi connectivity index (χ3n) is 2.55. The molecule has 18 heavy (non-hydrogen) atoms. The Morgan fingerprint density at radius 2 is 1.39 bits per heavy atom. The van der Waals surface area contributed by atoms with E-state index in [0.717, 1.165) is 24.3 Å². The SMILES string of the molecule is OC(c1ccc(F)cc1)c1ccc(F)c(F)c1F. The minimum atomic E-state index is -1.64. The van der Waals surface area contributed by atoms with E-state index in [0.29, 0.717) is 0 Å². The van der Waals surface area contributed by atoms with Gasteiger partial charge in [0.25, 0.3) is 0 Å². The summed E-state index contributed by atoms with van der Waals surface area (Å²) in [6.45, 7) is 0. The molecular weight excluding hydrogens is 248 g/mol. The summed E-state index contributed by atoms with van der Waals surface area (Å²) in [5.41, 5.74) is -0.221. The summed E-state index contributed by atoms with van der Waals surface area (Å²) < 4.78 is 51.9. The van der Waals surface area contributed by atoms with Crippen LogP contribution in [0.15, 0.2) is 36.4 Å². The van der Waals surface area contributed by atoms with Crippen LogP contribution in [-0.2, 0) is 0 Å². The van der Waals surface area contributed by atoms with Crippen molar-refractivity contribution in [2.75, 3.05) is 0 Å². The molecular formula is C13H8F4O. The van der Waals surface area contributed by atoms with E-state index in [2.05, 4.69) is 0 Å². The van der Waals surface area contributed by atoms with Gasteiger partial charge in [0.05, 0.1) is 0 Å². The molecule has 0 aliphatic heterocycles. The summed E-state index contributed by atoms with van der Waals surface area (Å²) in [7, 11) is 0. The zero-order chi connectivity index (χ0) is 13.3. The number of aliphatic hydroxyl groups excluding tert-OH is 1. The summed E-state index contributed by atoms with van der Waals surface area (Å²) in [4.78, 5) is 0. The first-order valence-corrected chi connectivity index (χ1v) is 5.07. The molecule has 0 aromatic heterocycles. The average molecular weight is 256 g/mol. The van der Waals surface area contributed by atoms with Crippen LogP contribution in [0.5, 0.6) is 0 Å². The maximum atomic E-state index is 13.4. The molecule has 0 aliphatic carbocycles. The van der Waals surface area contributed by atoms with E-state index >= 15 is 0 Å². The minimum absolute atomic E-state index is 0.182. The molecule has 0 amide bonds. The summed E-state index contributed by atoms with van der Waals surface area (Å²) in [5.74, 6) is -4.94. The van der Waals surface area contributed by atoms with E-state index in [9.17, 15) is 22.7 Å². The standard InChI is InChI=1S/C13H8F4O/c14-8-3-1-7(2-4-8)13(18)9-5-6-10(15)12(17)11(9)16/h1-6,13,18H. The number of benzene rings is 2. The number of rotatable bonds is 2. The van der Waals surface area contributed by atoms with Gasteiger partial charge in [-0.1, -0.05) is 18.2 Å². The van der Waals surface area contributed by atoms with E-state index in [1.165, 1.54) is 12.1 Å². The Kier molecular flexibility index (Phi) is 3.34. The molecule has 2 aromatic rings. The largest absolute Gasteiger partial charge is 0.384 e. The highest BCUT2D eigenvalue weighted by molar-refractivity contribution is 5.31. The molecule has 0 radical (unpaired) electrons. The predicted octanol–water partition coefficient (Wildman–Crippen LogP) is 3.32. The van der Waals surface area contributed by atoms with Crippen LogP contribution in [0.2, 0.25) is 0 Å². The van der Waals surface area contributed by atoms with Crippen molar-refractivity contribution in [3.63, 3.8) is 0 Å². The second-order valence-corrected chi connectivity index (χ2v) is 3.72. The Morgan fingerprint density at radius 3 is 2.00 bits per heavy atom. The van der Waals surface area contributed by atoms with Crippen molar-refractivity contribution in [2.45, 2.75) is 6.10 Å². The molecule has 2 rings (SSSR count). The van der Waals surface area contributed by atoms with Crippen LogP contribution in [0.3, 0.4) is 0 Å². The fourth-order valence-corrected chi connectivity index (χ4v) is 1.58. The Hall–Kier alpha value is -1.88. The molecule has 1 N–H and O–H groups in total. The Morgan fingerprint density at radius 1 is 0.778 bits per heavy atom. The van der Waals surface area contributed by atoms with Gasteiger partial charge in [-0.05, 0) is 23.8 Å². The first kappa shape index (κ1) is 12.6. The number of hydrogen-bond acceptors (Lipinski definition) is 1. The zero-order valence-corrected chi connectivity index (χ0v) is 9.00. The molecule has 94 valence electrons. The van der Waals surface area contributed by atoms with Crippen molar-refractivity contribution < 1.29 is 22.7 Å². The summed E-state index contributed by atoms with van der Waals surface area (Å²) >= 11 is 0. The van der Waals surface area contributed by atoms with Crippen LogP contribution in [0.25, 0.3) is 0 Å². The minimum Gasteiger partial charge on any atom is -0.384 e. The van der Waals surface area contributed by atoms with Gasteiger partial charge in [-0.15, -0.1) is 0 Å². The van der Waals surface area contributed by atoms with Gasteiger partial charge in [0.1, 0.15) is 11.9 Å². The maximum absolute atomic E-state index is 13.4. The first-order valence-electron chi connectivity index (χ1n) is 5.07. The maximum Gasteiger partial charge on any atom is 0.194 e. The molecule has 0 spiro atoms. The molecule has 0 fully saturated rings. The molecule has 0 aliphatic rings. The molecule has 0 saturated carbocycles. The number of hydrogen-bond donors (Lipinski definition) is 1. The van der Waals surface area contributed by atoms with Gasteiger partial charge in [-0.2, -0.15) is 0 Å². The Bertz CT molecular complexity index is 566. The van der Waals surface area contributed by atoms with Crippen LogP contribution in [0.1, 0.15) is 17.2 Å². The average Bonchev–Trinajstić information content (AvgIpc) is 2.36. The van der Waals surface area contributed by atoms with Crippen LogP contribution >= 0.6 is 0 Å². The predicted molar refractivity (Wildman–Crippen MR) is 56.8 cm³/mol. The van der Waals surface area contributed by atoms with Crippen LogP contribution < -0.4 is 0 Å². The number of halogens is 4. The Labute approximate surface area is 100 Å². The van der Waals surface area contributed by atoms with Crippen LogP contribution in [-0.4, -0.2) is 5.11 Å². The monoisotopic (exact) mass is 256 g/mol. The topological polar surface area (TPSA) is 20.2 Å². The molecule has 1 nitrogen and oxygen atoms in total. The fourth-order valence-electron chi connectivity index (χ4n) is 1.58. The van der Waals surface area contributed by atoms with Crippen LogP contribution in [0, 0.1) is 23.3 Å². The van der Waals surface area contributed by atoms with Crippen molar-refractivity contribution in [1.29, 1.82) is 0 Å².